The van der Waals surface area contributed by atoms with Crippen molar-refractivity contribution in [3.05, 3.63) is 0 Å². The van der Waals surface area contributed by atoms with Crippen LogP contribution in [-0.4, -0.2) is 24.4 Å². The number of hydrogen-bond acceptors (Lipinski definition) is 2. The molecule has 0 radical (unpaired) electrons. The van der Waals surface area contributed by atoms with Crippen LogP contribution in [0.4, 0.5) is 0 Å². The summed E-state index contributed by atoms with van der Waals surface area (Å²) < 4.78 is 5.09. The Kier molecular flexibility index (Phi) is 5.01. The van der Waals surface area contributed by atoms with Crippen molar-refractivity contribution in [3.63, 3.8) is 0 Å². The molecule has 0 aromatic rings. The fourth-order valence-electron chi connectivity index (χ4n) is 0.372. The van der Waals surface area contributed by atoms with Gasteiger partial charge in [-0.1, -0.05) is 6.92 Å². The Morgan fingerprint density at radius 1 is 1.62 bits per heavy atom. The molecular formula is C6H14O2. The van der Waals surface area contributed by atoms with E-state index in [9.17, 15) is 0 Å². The molecule has 0 fully saturated rings. The smallest absolute Gasteiger partial charge is 0.0777 e. The molecule has 50 valence electrons. The second-order valence-electron chi connectivity index (χ2n) is 1.86. The summed E-state index contributed by atoms with van der Waals surface area (Å²) in [6, 6.07) is 0. The summed E-state index contributed by atoms with van der Waals surface area (Å²) in [5.41, 5.74) is 0. The summed E-state index contributed by atoms with van der Waals surface area (Å²) in [6.45, 7) is 4.78. The van der Waals surface area contributed by atoms with Crippen molar-refractivity contribution < 1.29 is 9.84 Å². The Hall–Kier alpha value is -0.0800. The van der Waals surface area contributed by atoms with E-state index in [-0.39, 0.29) is 12.7 Å². The Bertz CT molecular complexity index is 45.8. The lowest BCUT2D eigenvalue weighted by Crippen LogP contribution is -2.12. The van der Waals surface area contributed by atoms with Gasteiger partial charge in [-0.3, -0.25) is 0 Å². The molecule has 0 saturated carbocycles. The van der Waals surface area contributed by atoms with E-state index in [2.05, 4.69) is 0 Å². The van der Waals surface area contributed by atoms with Gasteiger partial charge in [0.25, 0.3) is 0 Å². The van der Waals surface area contributed by atoms with Crippen molar-refractivity contribution in [2.75, 3.05) is 13.2 Å². The summed E-state index contributed by atoms with van der Waals surface area (Å²) in [6.07, 6.45) is 1.03. The highest BCUT2D eigenvalue weighted by atomic mass is 16.5. The number of aliphatic hydroxyl groups is 1. The largest absolute Gasteiger partial charge is 0.394 e. The molecule has 0 aliphatic rings. The lowest BCUT2D eigenvalue weighted by atomic mass is 10.4. The van der Waals surface area contributed by atoms with Crippen LogP contribution in [0, 0.1) is 0 Å². The summed E-state index contributed by atoms with van der Waals surface area (Å²) in [5.74, 6) is 0. The first kappa shape index (κ1) is 7.92. The van der Waals surface area contributed by atoms with Gasteiger partial charge in [0.1, 0.15) is 0 Å². The van der Waals surface area contributed by atoms with Crippen molar-refractivity contribution in [2.24, 2.45) is 0 Å². The van der Waals surface area contributed by atoms with Gasteiger partial charge in [-0.15, -0.1) is 0 Å². The highest BCUT2D eigenvalue weighted by Gasteiger charge is 1.95. The molecule has 0 bridgehead atoms. The van der Waals surface area contributed by atoms with E-state index < -0.39 is 0 Å². The van der Waals surface area contributed by atoms with Gasteiger partial charge in [0.15, 0.2) is 0 Å². The Balaban J connectivity index is 2.86. The molecule has 0 heterocycles. The molecule has 2 nitrogen and oxygen atoms in total. The van der Waals surface area contributed by atoms with Crippen molar-refractivity contribution in [3.8, 4) is 0 Å². The van der Waals surface area contributed by atoms with Crippen LogP contribution in [0.3, 0.4) is 0 Å². The van der Waals surface area contributed by atoms with Crippen LogP contribution in [0.15, 0.2) is 0 Å². The maximum Gasteiger partial charge on any atom is 0.0777 e. The third-order valence-electron chi connectivity index (χ3n) is 0.864. The van der Waals surface area contributed by atoms with Gasteiger partial charge in [0.05, 0.1) is 12.7 Å². The van der Waals surface area contributed by atoms with E-state index in [4.69, 9.17) is 9.84 Å². The molecule has 0 aromatic carbocycles. The number of aliphatic hydroxyl groups excluding tert-OH is 1. The monoisotopic (exact) mass is 118 g/mol. The fraction of sp³-hybridized carbons (Fsp3) is 1.00. The van der Waals surface area contributed by atoms with Crippen molar-refractivity contribution in [2.45, 2.75) is 26.4 Å². The van der Waals surface area contributed by atoms with E-state index in [0.717, 1.165) is 13.0 Å². The quantitative estimate of drug-likeness (QED) is 0.591. The molecule has 0 aromatic heterocycles. The summed E-state index contributed by atoms with van der Waals surface area (Å²) >= 11 is 0. The van der Waals surface area contributed by atoms with E-state index in [1.54, 1.807) is 0 Å². The summed E-state index contributed by atoms with van der Waals surface area (Å²) in [4.78, 5) is 0. The Labute approximate surface area is 50.5 Å². The lowest BCUT2D eigenvalue weighted by Gasteiger charge is -2.06. The molecule has 0 saturated heterocycles. The zero-order valence-corrected chi connectivity index (χ0v) is 5.55. The molecule has 0 spiro atoms. The minimum absolute atomic E-state index is 0.00921. The maximum absolute atomic E-state index is 8.44. The number of hydrogen-bond donors (Lipinski definition) is 1. The van der Waals surface area contributed by atoms with E-state index in [1.165, 1.54) is 0 Å². The van der Waals surface area contributed by atoms with Crippen molar-refractivity contribution in [1.29, 1.82) is 0 Å². The predicted molar refractivity (Wildman–Crippen MR) is 32.8 cm³/mol. The highest BCUT2D eigenvalue weighted by molar-refractivity contribution is 4.42. The minimum atomic E-state index is 0.00921. The van der Waals surface area contributed by atoms with Crippen LogP contribution in [0.25, 0.3) is 0 Å². The molecule has 0 amide bonds. The van der Waals surface area contributed by atoms with Gasteiger partial charge < -0.3 is 9.84 Å². The molecule has 0 aliphatic heterocycles. The normalized spacial score (nSPS) is 13.9. The van der Waals surface area contributed by atoms with Crippen molar-refractivity contribution in [1.82, 2.24) is 0 Å². The van der Waals surface area contributed by atoms with Gasteiger partial charge in [-0.2, -0.15) is 0 Å². The van der Waals surface area contributed by atoms with Gasteiger partial charge in [0.2, 0.25) is 0 Å². The van der Waals surface area contributed by atoms with Crippen molar-refractivity contribution >= 4 is 0 Å². The van der Waals surface area contributed by atoms with Gasteiger partial charge in [-0.25, -0.2) is 0 Å². The minimum Gasteiger partial charge on any atom is -0.394 e. The average molecular weight is 118 g/mol. The molecule has 1 atom stereocenters. The summed E-state index contributed by atoms with van der Waals surface area (Å²) in [5, 5.41) is 8.44. The molecule has 8 heavy (non-hydrogen) atoms. The van der Waals surface area contributed by atoms with E-state index >= 15 is 0 Å². The zero-order chi connectivity index (χ0) is 6.41. The second-order valence-corrected chi connectivity index (χ2v) is 1.86. The van der Waals surface area contributed by atoms with E-state index in [0.29, 0.717) is 0 Å². The first-order valence-corrected chi connectivity index (χ1v) is 3.03. The number of rotatable bonds is 4. The van der Waals surface area contributed by atoms with Crippen LogP contribution >= 0.6 is 0 Å². The number of ether oxygens (including phenoxy) is 1. The average Bonchev–Trinajstić information content (AvgIpc) is 1.83. The fourth-order valence-corrected chi connectivity index (χ4v) is 0.372. The van der Waals surface area contributed by atoms with E-state index in [1.807, 2.05) is 13.8 Å². The van der Waals surface area contributed by atoms with Gasteiger partial charge in [0, 0.05) is 6.61 Å². The molecule has 1 unspecified atom stereocenters. The third-order valence-corrected chi connectivity index (χ3v) is 0.864. The maximum atomic E-state index is 8.44. The van der Waals surface area contributed by atoms with Gasteiger partial charge >= 0.3 is 0 Å². The zero-order valence-electron chi connectivity index (χ0n) is 5.55. The van der Waals surface area contributed by atoms with Crippen LogP contribution in [-0.2, 0) is 4.74 Å². The Morgan fingerprint density at radius 3 is 2.62 bits per heavy atom. The topological polar surface area (TPSA) is 29.5 Å². The van der Waals surface area contributed by atoms with Crippen LogP contribution in [0.2, 0.25) is 0 Å². The first-order valence-electron chi connectivity index (χ1n) is 3.03. The molecule has 2 heteroatoms. The van der Waals surface area contributed by atoms with Crippen LogP contribution in [0.5, 0.6) is 0 Å². The standard InChI is InChI=1S/C6H14O2/c1-3-4-8-6(2)5-7/h6-7H,3-5H2,1-2H3. The lowest BCUT2D eigenvalue weighted by molar-refractivity contribution is 0.0254. The second kappa shape index (κ2) is 5.06. The van der Waals surface area contributed by atoms with Crippen LogP contribution in [0.1, 0.15) is 20.3 Å². The molecule has 0 aliphatic carbocycles. The first-order chi connectivity index (χ1) is 3.81. The SMILES string of the molecule is CCCOC(C)CO. The predicted octanol–water partition coefficient (Wildman–Crippen LogP) is 0.794. The van der Waals surface area contributed by atoms with Gasteiger partial charge in [-0.05, 0) is 13.3 Å². The molecular weight excluding hydrogens is 104 g/mol. The van der Waals surface area contributed by atoms with Crippen LogP contribution < -0.4 is 0 Å². The summed E-state index contributed by atoms with van der Waals surface area (Å²) in [7, 11) is 0. The highest BCUT2D eigenvalue weighted by Crippen LogP contribution is 1.88. The molecule has 1 N–H and O–H groups in total. The Morgan fingerprint density at radius 2 is 2.25 bits per heavy atom. The molecule has 0 rings (SSSR count). The third kappa shape index (κ3) is 4.09.